The van der Waals surface area contributed by atoms with Crippen LogP contribution < -0.4 is 11.1 Å². The van der Waals surface area contributed by atoms with Gasteiger partial charge in [-0.3, -0.25) is 4.79 Å². The lowest BCUT2D eigenvalue weighted by Crippen LogP contribution is -2.52. The predicted octanol–water partition coefficient (Wildman–Crippen LogP) is -0.245. The third-order valence-electron chi connectivity index (χ3n) is 2.48. The normalized spacial score (nSPS) is 13.6. The number of aliphatic carboxylic acids is 1. The second kappa shape index (κ2) is 6.72. The number of nitrogens with one attached hydrogen (secondary N) is 1. The molecule has 0 saturated heterocycles. The summed E-state index contributed by atoms with van der Waals surface area (Å²) in [6.45, 7) is 3.25. The first-order valence-electron chi connectivity index (χ1n) is 5.36. The molecule has 0 aliphatic heterocycles. The van der Waals surface area contributed by atoms with Gasteiger partial charge >= 0.3 is 12.0 Å². The third-order valence-corrected chi connectivity index (χ3v) is 2.48. The van der Waals surface area contributed by atoms with Crippen molar-refractivity contribution in [2.45, 2.75) is 38.8 Å². The van der Waals surface area contributed by atoms with E-state index in [2.05, 4.69) is 5.32 Å². The molecule has 98 valence electrons. The molecule has 0 aromatic carbocycles. The molecule has 2 atom stereocenters. The van der Waals surface area contributed by atoms with E-state index in [1.807, 2.05) is 6.92 Å². The molecular formula is C10H19N3O4. The number of likely N-dealkylation sites (N-methyl/N-ethyl adjacent to an activating group) is 1. The Morgan fingerprint density at radius 3 is 2.29 bits per heavy atom. The molecule has 7 heteroatoms. The van der Waals surface area contributed by atoms with E-state index in [1.165, 1.54) is 14.0 Å². The standard InChI is InChI=1S/C10H19N3O4/c1-4-5-7(12-10(11)17)8(14)13(3)6(2)9(15)16/h6-7H,4-5H2,1-3H3,(H,15,16)(H3,11,12,17)/t6?,7-/m1/s1. The molecule has 0 rings (SSSR count). The molecule has 0 aromatic heterocycles. The number of nitrogens with zero attached hydrogens (tertiary/aromatic N) is 1. The lowest BCUT2D eigenvalue weighted by Gasteiger charge is -2.26. The first kappa shape index (κ1) is 15.2. The van der Waals surface area contributed by atoms with Gasteiger partial charge in [0.05, 0.1) is 0 Å². The number of carbonyl (C=O) groups excluding carboxylic acids is 2. The summed E-state index contributed by atoms with van der Waals surface area (Å²) in [5.74, 6) is -1.56. The maximum atomic E-state index is 11.9. The summed E-state index contributed by atoms with van der Waals surface area (Å²) in [5, 5.41) is 11.1. The largest absolute Gasteiger partial charge is 0.480 e. The van der Waals surface area contributed by atoms with Gasteiger partial charge in [0.2, 0.25) is 5.91 Å². The van der Waals surface area contributed by atoms with Crippen LogP contribution in [0.5, 0.6) is 0 Å². The minimum absolute atomic E-state index is 0.415. The maximum Gasteiger partial charge on any atom is 0.326 e. The van der Waals surface area contributed by atoms with Crippen molar-refractivity contribution in [2.75, 3.05) is 7.05 Å². The molecule has 0 spiro atoms. The van der Waals surface area contributed by atoms with Crippen LogP contribution in [0.2, 0.25) is 0 Å². The van der Waals surface area contributed by atoms with E-state index >= 15 is 0 Å². The van der Waals surface area contributed by atoms with Crippen molar-refractivity contribution < 1.29 is 19.5 Å². The molecule has 0 bridgehead atoms. The van der Waals surface area contributed by atoms with Gasteiger partial charge in [0.25, 0.3) is 0 Å². The highest BCUT2D eigenvalue weighted by Crippen LogP contribution is 2.05. The SMILES string of the molecule is CCC[C@@H](NC(N)=O)C(=O)N(C)C(C)C(=O)O. The highest BCUT2D eigenvalue weighted by atomic mass is 16.4. The van der Waals surface area contributed by atoms with Crippen LogP contribution in [0.25, 0.3) is 0 Å². The van der Waals surface area contributed by atoms with Gasteiger partial charge in [-0.25, -0.2) is 9.59 Å². The van der Waals surface area contributed by atoms with E-state index in [-0.39, 0.29) is 0 Å². The predicted molar refractivity (Wildman–Crippen MR) is 61.3 cm³/mol. The van der Waals surface area contributed by atoms with E-state index in [9.17, 15) is 14.4 Å². The van der Waals surface area contributed by atoms with Crippen molar-refractivity contribution in [1.29, 1.82) is 0 Å². The topological polar surface area (TPSA) is 113 Å². The summed E-state index contributed by atoms with van der Waals surface area (Å²) >= 11 is 0. The van der Waals surface area contributed by atoms with Crippen LogP contribution in [0.4, 0.5) is 4.79 Å². The first-order chi connectivity index (χ1) is 7.81. The molecule has 3 amide bonds. The van der Waals surface area contributed by atoms with Gasteiger partial charge in [-0.1, -0.05) is 13.3 Å². The average molecular weight is 245 g/mol. The molecule has 0 fully saturated rings. The van der Waals surface area contributed by atoms with Gasteiger partial charge < -0.3 is 21.1 Å². The van der Waals surface area contributed by atoms with E-state index in [1.54, 1.807) is 0 Å². The van der Waals surface area contributed by atoms with E-state index in [0.29, 0.717) is 12.8 Å². The van der Waals surface area contributed by atoms with Crippen molar-refractivity contribution >= 4 is 17.9 Å². The van der Waals surface area contributed by atoms with Crippen LogP contribution in [0.1, 0.15) is 26.7 Å². The molecule has 0 heterocycles. The molecule has 0 radical (unpaired) electrons. The summed E-state index contributed by atoms with van der Waals surface area (Å²) in [6.07, 6.45) is 1.09. The lowest BCUT2D eigenvalue weighted by molar-refractivity contribution is -0.149. The Bertz CT molecular complexity index is 306. The van der Waals surface area contributed by atoms with Gasteiger partial charge in [-0.15, -0.1) is 0 Å². The highest BCUT2D eigenvalue weighted by Gasteiger charge is 2.28. The number of primary amides is 1. The van der Waals surface area contributed by atoms with E-state index in [4.69, 9.17) is 10.8 Å². The number of urea groups is 1. The number of carbonyl (C=O) groups is 3. The zero-order chi connectivity index (χ0) is 13.6. The monoisotopic (exact) mass is 245 g/mol. The number of carboxylic acids is 1. The molecule has 1 unspecified atom stereocenters. The Morgan fingerprint density at radius 2 is 1.94 bits per heavy atom. The van der Waals surface area contributed by atoms with Gasteiger partial charge in [-0.05, 0) is 13.3 Å². The van der Waals surface area contributed by atoms with Gasteiger partial charge in [0, 0.05) is 7.05 Å². The Balaban J connectivity index is 4.70. The minimum Gasteiger partial charge on any atom is -0.480 e. The number of amides is 3. The van der Waals surface area contributed by atoms with Crippen molar-refractivity contribution in [2.24, 2.45) is 5.73 Å². The zero-order valence-electron chi connectivity index (χ0n) is 10.3. The Hall–Kier alpha value is -1.79. The first-order valence-corrected chi connectivity index (χ1v) is 5.36. The molecule has 0 aromatic rings. The van der Waals surface area contributed by atoms with Crippen molar-refractivity contribution in [1.82, 2.24) is 10.2 Å². The highest BCUT2D eigenvalue weighted by molar-refractivity contribution is 5.89. The van der Waals surface area contributed by atoms with Gasteiger partial charge in [0.15, 0.2) is 0 Å². The van der Waals surface area contributed by atoms with E-state index in [0.717, 1.165) is 4.90 Å². The van der Waals surface area contributed by atoms with Crippen molar-refractivity contribution in [3.63, 3.8) is 0 Å². The summed E-state index contributed by atoms with van der Waals surface area (Å²) in [5.41, 5.74) is 4.96. The van der Waals surface area contributed by atoms with Crippen molar-refractivity contribution in [3.05, 3.63) is 0 Å². The Kier molecular flexibility index (Phi) is 6.01. The smallest absolute Gasteiger partial charge is 0.326 e. The lowest BCUT2D eigenvalue weighted by atomic mass is 10.1. The zero-order valence-corrected chi connectivity index (χ0v) is 10.3. The average Bonchev–Trinajstić information content (AvgIpc) is 2.24. The second-order valence-corrected chi connectivity index (χ2v) is 3.81. The number of carboxylic acid groups (broad SMARTS) is 1. The quantitative estimate of drug-likeness (QED) is 0.599. The van der Waals surface area contributed by atoms with Gasteiger partial charge in [-0.2, -0.15) is 0 Å². The summed E-state index contributed by atoms with van der Waals surface area (Å²) in [7, 11) is 1.38. The maximum absolute atomic E-state index is 11.9. The van der Waals surface area contributed by atoms with Crippen molar-refractivity contribution in [3.8, 4) is 0 Å². The van der Waals surface area contributed by atoms with E-state index < -0.39 is 30.0 Å². The molecule has 0 aliphatic rings. The summed E-state index contributed by atoms with van der Waals surface area (Å²) in [6, 6.07) is -2.52. The Labute approximate surface area is 100.0 Å². The number of nitrogens with two attached hydrogens (primary N) is 1. The van der Waals surface area contributed by atoms with Crippen LogP contribution in [-0.2, 0) is 9.59 Å². The Morgan fingerprint density at radius 1 is 1.41 bits per heavy atom. The number of hydrogen-bond donors (Lipinski definition) is 3. The fraction of sp³-hybridized carbons (Fsp3) is 0.700. The molecule has 7 nitrogen and oxygen atoms in total. The summed E-state index contributed by atoms with van der Waals surface area (Å²) < 4.78 is 0. The van der Waals surface area contributed by atoms with Crippen LogP contribution in [0.15, 0.2) is 0 Å². The van der Waals surface area contributed by atoms with Gasteiger partial charge in [0.1, 0.15) is 12.1 Å². The second-order valence-electron chi connectivity index (χ2n) is 3.81. The van der Waals surface area contributed by atoms with Crippen LogP contribution >= 0.6 is 0 Å². The molecule has 0 saturated carbocycles. The molecular weight excluding hydrogens is 226 g/mol. The van der Waals surface area contributed by atoms with Crippen LogP contribution in [0, 0.1) is 0 Å². The number of rotatable bonds is 6. The van der Waals surface area contributed by atoms with Crippen LogP contribution in [0.3, 0.4) is 0 Å². The fourth-order valence-corrected chi connectivity index (χ4v) is 1.32. The minimum atomic E-state index is -1.10. The number of hydrogen-bond acceptors (Lipinski definition) is 3. The molecule has 17 heavy (non-hydrogen) atoms. The fourth-order valence-electron chi connectivity index (χ4n) is 1.32. The van der Waals surface area contributed by atoms with Crippen LogP contribution in [-0.4, -0.2) is 47.0 Å². The third kappa shape index (κ3) is 4.71. The molecule has 0 aliphatic carbocycles. The molecule has 4 N–H and O–H groups in total. The summed E-state index contributed by atoms with van der Waals surface area (Å²) in [4.78, 5) is 34.5.